The fourth-order valence-corrected chi connectivity index (χ4v) is 3.24. The maximum absolute atomic E-state index is 12.2. The second-order valence-electron chi connectivity index (χ2n) is 6.79. The lowest BCUT2D eigenvalue weighted by atomic mass is 9.96. The summed E-state index contributed by atoms with van der Waals surface area (Å²) < 4.78 is 1.86. The summed E-state index contributed by atoms with van der Waals surface area (Å²) in [6.45, 7) is 1.64. The average molecular weight is 314 g/mol. The van der Waals surface area contributed by atoms with E-state index in [1.165, 1.54) is 0 Å². The molecule has 2 aliphatic rings. The predicted octanol–water partition coefficient (Wildman–Crippen LogP) is 1.31. The molecule has 122 valence electrons. The molecule has 7 heteroatoms. The number of aromatic nitrogens is 4. The Bertz CT molecular complexity index is 727. The summed E-state index contributed by atoms with van der Waals surface area (Å²) in [5.41, 5.74) is 0.780. The van der Waals surface area contributed by atoms with Crippen LogP contribution in [0.1, 0.15) is 37.4 Å². The lowest BCUT2D eigenvalue weighted by Crippen LogP contribution is -2.39. The first-order chi connectivity index (χ1) is 11.1. The van der Waals surface area contributed by atoms with Gasteiger partial charge in [-0.25, -0.2) is 0 Å². The van der Waals surface area contributed by atoms with E-state index < -0.39 is 0 Å². The highest BCUT2D eigenvalue weighted by Gasteiger charge is 2.35. The highest BCUT2D eigenvalue weighted by atomic mass is 16.2. The normalized spacial score (nSPS) is 19.3. The second kappa shape index (κ2) is 5.47. The first-order valence-electron chi connectivity index (χ1n) is 8.32. The molecule has 4 rings (SSSR count). The van der Waals surface area contributed by atoms with Crippen molar-refractivity contribution in [3.05, 3.63) is 18.0 Å². The number of amides is 1. The van der Waals surface area contributed by atoms with Crippen LogP contribution in [0.25, 0.3) is 5.65 Å². The van der Waals surface area contributed by atoms with Gasteiger partial charge in [0.05, 0.1) is 0 Å². The van der Waals surface area contributed by atoms with Crippen LogP contribution in [0.3, 0.4) is 0 Å². The summed E-state index contributed by atoms with van der Waals surface area (Å²) in [7, 11) is 3.94. The number of hydrogen-bond acceptors (Lipinski definition) is 5. The standard InChI is InChI=1S/C16H22N6O/c1-20(2)14-6-5-13-17-18-15(22(13)19-14)11-7-9-21(10-8-11)16(23)12-3-4-12/h5-6,11-12H,3-4,7-10H2,1-2H3. The van der Waals surface area contributed by atoms with E-state index in [0.717, 1.165) is 56.1 Å². The molecule has 7 nitrogen and oxygen atoms in total. The third-order valence-electron chi connectivity index (χ3n) is 4.83. The van der Waals surface area contributed by atoms with Crippen molar-refractivity contribution in [2.75, 3.05) is 32.1 Å². The molecule has 0 atom stereocenters. The molecule has 1 amide bonds. The van der Waals surface area contributed by atoms with Gasteiger partial charge in [-0.1, -0.05) is 0 Å². The number of nitrogens with zero attached hydrogens (tertiary/aromatic N) is 6. The van der Waals surface area contributed by atoms with Crippen LogP contribution in [-0.2, 0) is 4.79 Å². The maximum Gasteiger partial charge on any atom is 0.225 e. The molecular weight excluding hydrogens is 292 g/mol. The molecule has 1 saturated carbocycles. The summed E-state index contributed by atoms with van der Waals surface area (Å²) in [5, 5.41) is 13.2. The summed E-state index contributed by atoms with van der Waals surface area (Å²) in [5.74, 6) is 2.78. The topological polar surface area (TPSA) is 66.6 Å². The van der Waals surface area contributed by atoms with Gasteiger partial charge in [0.1, 0.15) is 5.82 Å². The van der Waals surface area contributed by atoms with E-state index in [1.54, 1.807) is 0 Å². The van der Waals surface area contributed by atoms with Crippen molar-refractivity contribution >= 4 is 17.4 Å². The highest BCUT2D eigenvalue weighted by Crippen LogP contribution is 2.34. The molecule has 2 fully saturated rings. The van der Waals surface area contributed by atoms with Crippen molar-refractivity contribution in [3.63, 3.8) is 0 Å². The van der Waals surface area contributed by atoms with Gasteiger partial charge in [0, 0.05) is 39.0 Å². The van der Waals surface area contributed by atoms with Crippen LogP contribution in [-0.4, -0.2) is 57.8 Å². The van der Waals surface area contributed by atoms with Crippen molar-refractivity contribution in [3.8, 4) is 0 Å². The van der Waals surface area contributed by atoms with Gasteiger partial charge in [0.25, 0.3) is 0 Å². The molecule has 0 unspecified atom stereocenters. The van der Waals surface area contributed by atoms with Gasteiger partial charge in [-0.3, -0.25) is 4.79 Å². The van der Waals surface area contributed by atoms with E-state index in [4.69, 9.17) is 0 Å². The number of likely N-dealkylation sites (tertiary alicyclic amines) is 1. The number of carbonyl (C=O) groups is 1. The van der Waals surface area contributed by atoms with E-state index in [9.17, 15) is 4.79 Å². The molecule has 1 aliphatic heterocycles. The minimum atomic E-state index is 0.310. The molecule has 2 aromatic rings. The quantitative estimate of drug-likeness (QED) is 0.854. The molecule has 1 saturated heterocycles. The van der Waals surface area contributed by atoms with Gasteiger partial charge in [-0.05, 0) is 37.8 Å². The van der Waals surface area contributed by atoms with E-state index in [1.807, 2.05) is 40.5 Å². The van der Waals surface area contributed by atoms with Crippen molar-refractivity contribution in [2.45, 2.75) is 31.6 Å². The largest absolute Gasteiger partial charge is 0.361 e. The number of anilines is 1. The Morgan fingerprint density at radius 3 is 2.52 bits per heavy atom. The van der Waals surface area contributed by atoms with E-state index >= 15 is 0 Å². The van der Waals surface area contributed by atoms with Crippen molar-refractivity contribution in [1.82, 2.24) is 24.7 Å². The Morgan fingerprint density at radius 1 is 1.13 bits per heavy atom. The Hall–Kier alpha value is -2.18. The molecule has 2 aromatic heterocycles. The Kier molecular flexibility index (Phi) is 3.43. The van der Waals surface area contributed by atoms with Crippen LogP contribution in [0.5, 0.6) is 0 Å². The molecule has 0 radical (unpaired) electrons. The van der Waals surface area contributed by atoms with Crippen LogP contribution in [0.2, 0.25) is 0 Å². The van der Waals surface area contributed by atoms with Gasteiger partial charge in [0.15, 0.2) is 11.5 Å². The lowest BCUT2D eigenvalue weighted by Gasteiger charge is -2.31. The van der Waals surface area contributed by atoms with Crippen LogP contribution in [0, 0.1) is 5.92 Å². The first kappa shape index (κ1) is 14.4. The minimum Gasteiger partial charge on any atom is -0.361 e. The second-order valence-corrected chi connectivity index (χ2v) is 6.79. The fourth-order valence-electron chi connectivity index (χ4n) is 3.24. The van der Waals surface area contributed by atoms with Crippen LogP contribution < -0.4 is 4.90 Å². The zero-order valence-corrected chi connectivity index (χ0v) is 13.6. The summed E-state index contributed by atoms with van der Waals surface area (Å²) in [4.78, 5) is 16.2. The zero-order chi connectivity index (χ0) is 16.0. The number of hydrogen-bond donors (Lipinski definition) is 0. The van der Waals surface area contributed by atoms with Gasteiger partial charge in [-0.2, -0.15) is 4.52 Å². The van der Waals surface area contributed by atoms with E-state index in [-0.39, 0.29) is 0 Å². The molecular formula is C16H22N6O. The smallest absolute Gasteiger partial charge is 0.225 e. The molecule has 3 heterocycles. The SMILES string of the molecule is CN(C)c1ccc2nnc(C3CCN(C(=O)C4CC4)CC3)n2n1. The Morgan fingerprint density at radius 2 is 1.87 bits per heavy atom. The molecule has 1 aliphatic carbocycles. The van der Waals surface area contributed by atoms with Crippen LogP contribution in [0.4, 0.5) is 5.82 Å². The third kappa shape index (κ3) is 2.64. The molecule has 23 heavy (non-hydrogen) atoms. The monoisotopic (exact) mass is 314 g/mol. The van der Waals surface area contributed by atoms with Crippen molar-refractivity contribution in [2.24, 2.45) is 5.92 Å². The van der Waals surface area contributed by atoms with Gasteiger partial charge in [-0.15, -0.1) is 15.3 Å². The van der Waals surface area contributed by atoms with Gasteiger partial charge in [0.2, 0.25) is 5.91 Å². The predicted molar refractivity (Wildman–Crippen MR) is 86.4 cm³/mol. The fraction of sp³-hybridized carbons (Fsp3) is 0.625. The Labute approximate surface area is 135 Å². The van der Waals surface area contributed by atoms with E-state index in [2.05, 4.69) is 15.3 Å². The highest BCUT2D eigenvalue weighted by molar-refractivity contribution is 5.81. The summed E-state index contributed by atoms with van der Waals surface area (Å²) in [6.07, 6.45) is 4.02. The lowest BCUT2D eigenvalue weighted by molar-refractivity contribution is -0.133. The summed E-state index contributed by atoms with van der Waals surface area (Å²) >= 11 is 0. The number of rotatable bonds is 3. The van der Waals surface area contributed by atoms with E-state index in [0.29, 0.717) is 17.7 Å². The maximum atomic E-state index is 12.2. The number of carbonyl (C=O) groups excluding carboxylic acids is 1. The van der Waals surface area contributed by atoms with Crippen LogP contribution >= 0.6 is 0 Å². The summed E-state index contributed by atoms with van der Waals surface area (Å²) in [6, 6.07) is 3.90. The zero-order valence-electron chi connectivity index (χ0n) is 13.6. The third-order valence-corrected chi connectivity index (χ3v) is 4.83. The first-order valence-corrected chi connectivity index (χ1v) is 8.32. The molecule has 0 bridgehead atoms. The number of fused-ring (bicyclic) bond motifs is 1. The minimum absolute atomic E-state index is 0.310. The molecule has 0 N–H and O–H groups in total. The molecule has 0 aromatic carbocycles. The van der Waals surface area contributed by atoms with Gasteiger partial charge >= 0.3 is 0 Å². The van der Waals surface area contributed by atoms with Crippen LogP contribution in [0.15, 0.2) is 12.1 Å². The Balaban J connectivity index is 1.53. The van der Waals surface area contributed by atoms with Crippen molar-refractivity contribution in [1.29, 1.82) is 0 Å². The molecule has 0 spiro atoms. The average Bonchev–Trinajstić information content (AvgIpc) is 3.33. The van der Waals surface area contributed by atoms with Crippen molar-refractivity contribution < 1.29 is 4.79 Å². The van der Waals surface area contributed by atoms with Gasteiger partial charge < -0.3 is 9.80 Å². The number of piperidine rings is 1.